The van der Waals surface area contributed by atoms with Gasteiger partial charge in [-0.15, -0.1) is 0 Å². The number of hydrogen-bond donors (Lipinski definition) is 1. The van der Waals surface area contributed by atoms with Crippen molar-refractivity contribution in [1.29, 1.82) is 0 Å². The normalized spacial score (nSPS) is 22.2. The maximum absolute atomic E-state index is 12.5. The number of Topliss-reactive ketones (excluding diaryl/α,β-unsaturated/α-hetero) is 1. The van der Waals surface area contributed by atoms with Crippen molar-refractivity contribution in [1.82, 2.24) is 0 Å². The van der Waals surface area contributed by atoms with Crippen LogP contribution in [0.4, 0.5) is 5.69 Å². The summed E-state index contributed by atoms with van der Waals surface area (Å²) in [7, 11) is 0. The minimum atomic E-state index is -0.393. The molecule has 2 aliphatic heterocycles. The van der Waals surface area contributed by atoms with E-state index in [1.807, 2.05) is 19.1 Å². The zero-order valence-corrected chi connectivity index (χ0v) is 17.1. The Kier molecular flexibility index (Phi) is 5.15. The van der Waals surface area contributed by atoms with E-state index in [4.69, 9.17) is 0 Å². The highest BCUT2D eigenvalue weighted by atomic mass is 79.9. The van der Waals surface area contributed by atoms with Gasteiger partial charge in [-0.1, -0.05) is 36.4 Å². The average molecular weight is 428 g/mol. The van der Waals surface area contributed by atoms with Crippen molar-refractivity contribution in [2.75, 3.05) is 24.7 Å². The summed E-state index contributed by atoms with van der Waals surface area (Å²) in [6, 6.07) is 14.5. The first-order chi connectivity index (χ1) is 13.0. The molecule has 2 aromatic carbocycles. The molecular formula is C22H24BrN2O2+. The van der Waals surface area contributed by atoms with E-state index in [1.54, 1.807) is 4.90 Å². The first kappa shape index (κ1) is 18.4. The van der Waals surface area contributed by atoms with E-state index in [1.165, 1.54) is 10.5 Å². The Morgan fingerprint density at radius 2 is 1.78 bits per heavy atom. The third kappa shape index (κ3) is 3.58. The van der Waals surface area contributed by atoms with Crippen LogP contribution in [-0.4, -0.2) is 31.4 Å². The average Bonchev–Trinajstić information content (AvgIpc) is 2.92. The quantitative estimate of drug-likeness (QED) is 0.762. The Hall–Kier alpha value is -1.98. The lowest BCUT2D eigenvalue weighted by molar-refractivity contribution is -0.904. The molecule has 0 aliphatic carbocycles. The van der Waals surface area contributed by atoms with Gasteiger partial charge in [0.05, 0.1) is 24.3 Å². The topological polar surface area (TPSA) is 41.8 Å². The van der Waals surface area contributed by atoms with Crippen molar-refractivity contribution in [2.45, 2.75) is 26.2 Å². The number of likely N-dealkylation sites (tertiary alicyclic amines) is 1. The minimum Gasteiger partial charge on any atom is -0.317 e. The summed E-state index contributed by atoms with van der Waals surface area (Å²) in [5.74, 6) is -0.0784. The molecular weight excluding hydrogens is 404 g/mol. The van der Waals surface area contributed by atoms with Gasteiger partial charge in [0, 0.05) is 4.47 Å². The van der Waals surface area contributed by atoms with Crippen LogP contribution in [0.2, 0.25) is 0 Å². The molecule has 0 saturated carbocycles. The van der Waals surface area contributed by atoms with Crippen LogP contribution in [0, 0.1) is 12.8 Å². The number of halogens is 1. The molecule has 0 spiro atoms. The molecule has 2 heterocycles. The molecule has 1 fully saturated rings. The van der Waals surface area contributed by atoms with Crippen molar-refractivity contribution in [3.63, 3.8) is 0 Å². The minimum absolute atomic E-state index is 0.390. The molecule has 1 saturated heterocycles. The summed E-state index contributed by atoms with van der Waals surface area (Å²) in [5.41, 5.74) is 3.66. The van der Waals surface area contributed by atoms with E-state index < -0.39 is 5.91 Å². The first-order valence-electron chi connectivity index (χ1n) is 9.57. The van der Waals surface area contributed by atoms with Crippen LogP contribution in [0.5, 0.6) is 0 Å². The van der Waals surface area contributed by atoms with E-state index in [9.17, 15) is 9.59 Å². The smallest absolute Gasteiger partial charge is 0.303 e. The molecule has 1 N–H and O–H groups in total. The van der Waals surface area contributed by atoms with E-state index in [-0.39, 0.29) is 5.78 Å². The summed E-state index contributed by atoms with van der Waals surface area (Å²) in [6.45, 7) is 4.59. The fourth-order valence-corrected chi connectivity index (χ4v) is 4.74. The molecule has 27 heavy (non-hydrogen) atoms. The number of benzene rings is 2. The van der Waals surface area contributed by atoms with Gasteiger partial charge >= 0.3 is 5.91 Å². The molecule has 1 amide bonds. The number of anilines is 1. The molecule has 0 aromatic heterocycles. The molecule has 4 rings (SSSR count). The van der Waals surface area contributed by atoms with Crippen LogP contribution < -0.4 is 9.80 Å². The number of aryl methyl sites for hydroxylation is 1. The second-order valence-electron chi connectivity index (χ2n) is 7.69. The molecule has 2 aliphatic rings. The van der Waals surface area contributed by atoms with Gasteiger partial charge < -0.3 is 4.90 Å². The summed E-state index contributed by atoms with van der Waals surface area (Å²) in [5, 5.41) is 0. The highest BCUT2D eigenvalue weighted by Crippen LogP contribution is 2.35. The van der Waals surface area contributed by atoms with E-state index >= 15 is 0 Å². The van der Waals surface area contributed by atoms with Crippen molar-refractivity contribution < 1.29 is 14.5 Å². The summed E-state index contributed by atoms with van der Waals surface area (Å²) in [4.78, 5) is 28.0. The molecule has 5 heteroatoms. The van der Waals surface area contributed by atoms with Crippen LogP contribution in [0.1, 0.15) is 34.3 Å². The Morgan fingerprint density at radius 1 is 1.07 bits per heavy atom. The molecule has 0 unspecified atom stereocenters. The maximum Gasteiger partial charge on any atom is 0.303 e. The number of nitrogens with zero attached hydrogens (tertiary/aromatic N) is 1. The van der Waals surface area contributed by atoms with Crippen LogP contribution in [0.25, 0.3) is 0 Å². The fraction of sp³-hybridized carbons (Fsp3) is 0.364. The zero-order valence-electron chi connectivity index (χ0n) is 15.5. The van der Waals surface area contributed by atoms with Gasteiger partial charge in [0.25, 0.3) is 5.78 Å². The molecule has 140 valence electrons. The predicted molar refractivity (Wildman–Crippen MR) is 109 cm³/mol. The number of piperidine rings is 1. The van der Waals surface area contributed by atoms with Gasteiger partial charge in [-0.3, -0.25) is 14.5 Å². The zero-order chi connectivity index (χ0) is 19.0. The second kappa shape index (κ2) is 7.56. The number of nitrogens with one attached hydrogen (secondary N) is 1. The molecule has 0 bridgehead atoms. The van der Waals surface area contributed by atoms with Gasteiger partial charge in [-0.2, -0.15) is 0 Å². The third-order valence-electron chi connectivity index (χ3n) is 5.83. The number of carbonyl (C=O) groups is 2. The van der Waals surface area contributed by atoms with Crippen molar-refractivity contribution in [3.05, 3.63) is 63.6 Å². The molecule has 0 atom stereocenters. The highest BCUT2D eigenvalue weighted by Gasteiger charge is 2.40. The summed E-state index contributed by atoms with van der Waals surface area (Å²) < 4.78 is 0.748. The fourth-order valence-electron chi connectivity index (χ4n) is 4.23. The van der Waals surface area contributed by atoms with Crippen molar-refractivity contribution in [2.24, 2.45) is 5.92 Å². The SMILES string of the molecule is Cc1ccc2c(c1Br)C(=O)C(=O)N2C[NH+]1CCC(Cc2ccccc2)CC1. The number of amides is 1. The van der Waals surface area contributed by atoms with Gasteiger partial charge in [-0.25, -0.2) is 0 Å². The maximum atomic E-state index is 12.5. The van der Waals surface area contributed by atoms with Crippen LogP contribution in [0.3, 0.4) is 0 Å². The Balaban J connectivity index is 1.41. The van der Waals surface area contributed by atoms with Crippen LogP contribution in [-0.2, 0) is 11.2 Å². The number of fused-ring (bicyclic) bond motifs is 1. The van der Waals surface area contributed by atoms with Crippen molar-refractivity contribution >= 4 is 33.3 Å². The predicted octanol–water partition coefficient (Wildman–Crippen LogP) is 2.78. The highest BCUT2D eigenvalue weighted by molar-refractivity contribution is 9.10. The second-order valence-corrected chi connectivity index (χ2v) is 8.49. The lowest BCUT2D eigenvalue weighted by Crippen LogP contribution is -3.14. The number of carbonyl (C=O) groups excluding carboxylic acids is 2. The van der Waals surface area contributed by atoms with Gasteiger partial charge in [-0.05, 0) is 65.2 Å². The molecule has 2 aromatic rings. The van der Waals surface area contributed by atoms with Crippen molar-refractivity contribution in [3.8, 4) is 0 Å². The standard InChI is InChI=1S/C22H23BrN2O2/c1-15-7-8-18-19(20(15)23)21(26)22(27)25(18)14-24-11-9-17(10-12-24)13-16-5-3-2-4-6-16/h2-8,17H,9-14H2,1H3/p+1. The van der Waals surface area contributed by atoms with Crippen LogP contribution >= 0.6 is 15.9 Å². The van der Waals surface area contributed by atoms with Crippen LogP contribution in [0.15, 0.2) is 46.9 Å². The Morgan fingerprint density at radius 3 is 2.48 bits per heavy atom. The van der Waals surface area contributed by atoms with Gasteiger partial charge in [0.2, 0.25) is 0 Å². The molecule has 0 radical (unpaired) electrons. The lowest BCUT2D eigenvalue weighted by Gasteiger charge is -2.31. The first-order valence-corrected chi connectivity index (χ1v) is 10.4. The number of ketones is 1. The number of rotatable bonds is 4. The van der Waals surface area contributed by atoms with Gasteiger partial charge in [0.1, 0.15) is 0 Å². The van der Waals surface area contributed by atoms with E-state index in [0.29, 0.717) is 18.2 Å². The summed E-state index contributed by atoms with van der Waals surface area (Å²) in [6.07, 6.45) is 3.44. The Labute approximate surface area is 168 Å². The third-order valence-corrected chi connectivity index (χ3v) is 6.85. The van der Waals surface area contributed by atoms with E-state index in [2.05, 4.69) is 46.3 Å². The van der Waals surface area contributed by atoms with Gasteiger partial charge in [0.15, 0.2) is 6.67 Å². The Bertz CT molecular complexity index is 873. The number of hydrogen-bond acceptors (Lipinski definition) is 2. The monoisotopic (exact) mass is 427 g/mol. The number of quaternary nitrogens is 1. The summed E-state index contributed by atoms with van der Waals surface area (Å²) >= 11 is 3.48. The van der Waals surface area contributed by atoms with E-state index in [0.717, 1.165) is 48.1 Å². The molecule has 4 nitrogen and oxygen atoms in total. The lowest BCUT2D eigenvalue weighted by atomic mass is 9.90. The largest absolute Gasteiger partial charge is 0.317 e.